The van der Waals surface area contributed by atoms with E-state index in [1.54, 1.807) is 0 Å². The van der Waals surface area contributed by atoms with Crippen LogP contribution in [0.15, 0.2) is 48.5 Å². The van der Waals surface area contributed by atoms with Crippen molar-refractivity contribution in [2.45, 2.75) is 30.7 Å². The second-order valence-corrected chi connectivity index (χ2v) is 11.7. The summed E-state index contributed by atoms with van der Waals surface area (Å²) in [6.07, 6.45) is -11.2. The lowest BCUT2D eigenvalue weighted by atomic mass is 9.97. The van der Waals surface area contributed by atoms with E-state index < -0.39 is 152 Å². The number of benzene rings is 4. The van der Waals surface area contributed by atoms with E-state index in [1.165, 1.54) is 0 Å². The van der Waals surface area contributed by atoms with Gasteiger partial charge in [-0.25, -0.2) is 19.2 Å². The van der Waals surface area contributed by atoms with Gasteiger partial charge >= 0.3 is 23.9 Å². The van der Waals surface area contributed by atoms with Gasteiger partial charge in [-0.2, -0.15) is 0 Å². The van der Waals surface area contributed by atoms with Crippen molar-refractivity contribution in [2.24, 2.45) is 0 Å². The number of esters is 4. The molecule has 0 radical (unpaired) electrons. The molecule has 0 saturated carbocycles. The fraction of sp³-hybridized carbons (Fsp3) is 0.176. The zero-order valence-corrected chi connectivity index (χ0v) is 27.7. The molecule has 4 aromatic rings. The molecular weight excluding hydrogens is 760 g/mol. The van der Waals surface area contributed by atoms with E-state index in [0.717, 1.165) is 0 Å². The molecule has 22 heteroatoms. The molecule has 1 saturated heterocycles. The highest BCUT2D eigenvalue weighted by molar-refractivity contribution is 5.93. The maximum absolute atomic E-state index is 13.5. The minimum atomic E-state index is -2.43. The fourth-order valence-electron chi connectivity index (χ4n) is 5.14. The van der Waals surface area contributed by atoms with Gasteiger partial charge in [-0.05, 0) is 48.5 Å². The van der Waals surface area contributed by atoms with Crippen molar-refractivity contribution in [3.63, 3.8) is 0 Å². The molecule has 0 aliphatic carbocycles. The molecule has 56 heavy (non-hydrogen) atoms. The first-order valence-corrected chi connectivity index (χ1v) is 15.4. The molecule has 5 rings (SSSR count). The van der Waals surface area contributed by atoms with E-state index in [1.807, 2.05) is 0 Å². The largest absolute Gasteiger partial charge is 0.504 e. The Morgan fingerprint density at radius 2 is 0.696 bits per heavy atom. The second-order valence-electron chi connectivity index (χ2n) is 11.7. The maximum Gasteiger partial charge on any atom is 0.339 e. The van der Waals surface area contributed by atoms with E-state index in [4.69, 9.17) is 23.7 Å². The van der Waals surface area contributed by atoms with Crippen LogP contribution in [0.5, 0.6) is 69.0 Å². The van der Waals surface area contributed by atoms with Crippen molar-refractivity contribution in [3.05, 3.63) is 70.8 Å². The summed E-state index contributed by atoms with van der Waals surface area (Å²) in [5.41, 5.74) is -2.68. The Bertz CT molecular complexity index is 2140. The highest BCUT2D eigenvalue weighted by Crippen LogP contribution is 2.40. The van der Waals surface area contributed by atoms with E-state index in [2.05, 4.69) is 0 Å². The van der Waals surface area contributed by atoms with Gasteiger partial charge in [0.05, 0.1) is 22.3 Å². The van der Waals surface area contributed by atoms with Gasteiger partial charge in [-0.15, -0.1) is 0 Å². The van der Waals surface area contributed by atoms with Crippen LogP contribution in [0.4, 0.5) is 0 Å². The summed E-state index contributed by atoms with van der Waals surface area (Å²) in [6, 6.07) is 4.99. The van der Waals surface area contributed by atoms with E-state index in [9.17, 15) is 85.6 Å². The number of aliphatic hydroxyl groups excluding tert-OH is 1. The van der Waals surface area contributed by atoms with Crippen LogP contribution in [0.2, 0.25) is 0 Å². The average Bonchev–Trinajstić information content (AvgIpc) is 3.14. The third kappa shape index (κ3) is 7.95. The smallest absolute Gasteiger partial charge is 0.339 e. The van der Waals surface area contributed by atoms with Crippen molar-refractivity contribution in [2.75, 3.05) is 6.61 Å². The molecule has 13 N–H and O–H groups in total. The normalized spacial score (nSPS) is 19.1. The number of carbonyl (C=O) groups excluding carboxylic acids is 4. The molecule has 1 aliphatic heterocycles. The van der Waals surface area contributed by atoms with Gasteiger partial charge in [0.1, 0.15) is 12.7 Å². The highest BCUT2D eigenvalue weighted by atomic mass is 16.7. The number of carbonyl (C=O) groups is 4. The molecule has 0 spiro atoms. The minimum absolute atomic E-state index is 0.570. The molecule has 5 atom stereocenters. The Morgan fingerprint density at radius 1 is 0.429 bits per heavy atom. The Balaban J connectivity index is 1.57. The van der Waals surface area contributed by atoms with Gasteiger partial charge in [0, 0.05) is 0 Å². The number of phenolic OH excluding ortho intramolecular Hbond substituents is 12. The van der Waals surface area contributed by atoms with Gasteiger partial charge in [0.25, 0.3) is 0 Å². The van der Waals surface area contributed by atoms with Crippen LogP contribution in [-0.2, 0) is 23.7 Å². The summed E-state index contributed by atoms with van der Waals surface area (Å²) in [5.74, 6) is -18.2. The van der Waals surface area contributed by atoms with Crippen LogP contribution in [0.3, 0.4) is 0 Å². The van der Waals surface area contributed by atoms with E-state index in [-0.39, 0.29) is 0 Å². The first kappa shape index (κ1) is 39.5. The van der Waals surface area contributed by atoms with E-state index in [0.29, 0.717) is 48.5 Å². The lowest BCUT2D eigenvalue weighted by Gasteiger charge is -2.42. The predicted octanol–water partition coefficient (Wildman–Crippen LogP) is 0.705. The Labute approximate surface area is 310 Å². The lowest BCUT2D eigenvalue weighted by molar-refractivity contribution is -0.284. The molecule has 1 fully saturated rings. The minimum Gasteiger partial charge on any atom is -0.504 e. The summed E-state index contributed by atoms with van der Waals surface area (Å²) < 4.78 is 26.8. The summed E-state index contributed by atoms with van der Waals surface area (Å²) in [6.45, 7) is -1.09. The molecule has 0 bridgehead atoms. The molecule has 1 heterocycles. The number of ether oxygens (including phenoxy) is 5. The quantitative estimate of drug-likeness (QED) is 0.0630. The molecule has 4 aromatic carbocycles. The first-order chi connectivity index (χ1) is 26.3. The van der Waals surface area contributed by atoms with Crippen LogP contribution in [0.25, 0.3) is 0 Å². The van der Waals surface area contributed by atoms with Gasteiger partial charge in [-0.1, -0.05) is 0 Å². The van der Waals surface area contributed by atoms with Crippen molar-refractivity contribution in [1.29, 1.82) is 0 Å². The Kier molecular flexibility index (Phi) is 10.8. The number of rotatable bonds is 9. The number of phenols is 12. The molecule has 22 nitrogen and oxygen atoms in total. The fourth-order valence-corrected chi connectivity index (χ4v) is 5.14. The summed E-state index contributed by atoms with van der Waals surface area (Å²) in [4.78, 5) is 53.1. The third-order valence-corrected chi connectivity index (χ3v) is 7.94. The predicted molar refractivity (Wildman–Crippen MR) is 175 cm³/mol. The van der Waals surface area contributed by atoms with Crippen LogP contribution >= 0.6 is 0 Å². The van der Waals surface area contributed by atoms with Gasteiger partial charge < -0.3 is 90.1 Å². The summed E-state index contributed by atoms with van der Waals surface area (Å²) >= 11 is 0. The Morgan fingerprint density at radius 3 is 1.02 bits per heavy atom. The van der Waals surface area contributed by atoms with Crippen LogP contribution in [0.1, 0.15) is 41.4 Å². The molecule has 0 aromatic heterocycles. The van der Waals surface area contributed by atoms with Crippen LogP contribution < -0.4 is 0 Å². The summed E-state index contributed by atoms with van der Waals surface area (Å²) in [7, 11) is 0. The second kappa shape index (κ2) is 15.3. The standard InChI is InChI=1S/C34H28O22/c35-14-1-10(2-15(36)23(14)43)30(47)52-9-22-27(54-31(48)11-3-16(37)24(44)17(38)4-11)28(55-32(49)12-5-18(39)25(45)19(40)6-12)29(34(51)53-22)56-33(50)13-7-20(41)26(46)21(42)8-13/h1-8,22,27-29,34-46,51H,9H2/t22-,27?,28?,29-,34-/m0/s1. The van der Waals surface area contributed by atoms with Crippen LogP contribution in [-0.4, -0.2) is 128 Å². The number of hydrogen-bond donors (Lipinski definition) is 13. The SMILES string of the molecule is O=C(OC[C@@H]1O[C@H](O)[C@@H](OC(=O)c2cc(O)c(O)c(O)c2)C(OC(=O)c2cc(O)c(O)c(O)c2)C1OC(=O)c1cc(O)c(O)c(O)c1)c1cc(O)c(O)c(O)c1. The van der Waals surface area contributed by atoms with Crippen molar-refractivity contribution < 1.29 is 109 Å². The average molecular weight is 789 g/mol. The highest BCUT2D eigenvalue weighted by Gasteiger charge is 2.53. The van der Waals surface area contributed by atoms with Gasteiger partial charge in [0.15, 0.2) is 93.6 Å². The lowest BCUT2D eigenvalue weighted by Crippen LogP contribution is -2.62. The molecule has 296 valence electrons. The van der Waals surface area contributed by atoms with E-state index >= 15 is 0 Å². The zero-order valence-electron chi connectivity index (χ0n) is 27.7. The third-order valence-electron chi connectivity index (χ3n) is 7.94. The first-order valence-electron chi connectivity index (χ1n) is 15.4. The van der Waals surface area contributed by atoms with Crippen molar-refractivity contribution in [3.8, 4) is 69.0 Å². The van der Waals surface area contributed by atoms with Crippen molar-refractivity contribution in [1.82, 2.24) is 0 Å². The monoisotopic (exact) mass is 788 g/mol. The van der Waals surface area contributed by atoms with Crippen LogP contribution in [0, 0.1) is 0 Å². The van der Waals surface area contributed by atoms with Crippen molar-refractivity contribution >= 4 is 23.9 Å². The maximum atomic E-state index is 13.5. The Hall–Kier alpha value is -7.72. The molecule has 0 amide bonds. The summed E-state index contributed by atoms with van der Waals surface area (Å²) in [5, 5.41) is 129. The number of aliphatic hydroxyl groups is 1. The molecular formula is C34H28O22. The van der Waals surface area contributed by atoms with Gasteiger partial charge in [-0.3, -0.25) is 0 Å². The topological polar surface area (TPSA) is 377 Å². The molecule has 2 unspecified atom stereocenters. The molecule has 1 aliphatic rings. The number of aromatic hydroxyl groups is 12. The number of hydrogen-bond acceptors (Lipinski definition) is 22. The zero-order chi connectivity index (χ0) is 41.3. The van der Waals surface area contributed by atoms with Gasteiger partial charge in [0.2, 0.25) is 0 Å².